The summed E-state index contributed by atoms with van der Waals surface area (Å²) >= 11 is 0. The molecular formula is C26H34FNO5. The molecule has 7 heteroatoms. The number of rotatable bonds is 3. The molecule has 0 aromatic carbocycles. The van der Waals surface area contributed by atoms with Gasteiger partial charge in [0.15, 0.2) is 23.8 Å². The third-order valence-corrected chi connectivity index (χ3v) is 10.7. The Morgan fingerprint density at radius 2 is 2.00 bits per heavy atom. The van der Waals surface area contributed by atoms with Crippen LogP contribution in [-0.4, -0.2) is 54.1 Å². The SMILES string of the molecule is CC(=O)OCC(=O)C12CNCC1CC1(C)C3CCC4=CC(=O)C=CC4(C)C3(F)C(O)CC12C. The summed E-state index contributed by atoms with van der Waals surface area (Å²) in [7, 11) is 0. The minimum Gasteiger partial charge on any atom is -0.458 e. The number of nitrogens with one attached hydrogen (secondary N) is 1. The molecule has 1 saturated heterocycles. The molecule has 8 unspecified atom stereocenters. The molecule has 5 rings (SSSR count). The van der Waals surface area contributed by atoms with Gasteiger partial charge < -0.3 is 15.2 Å². The number of hydrogen-bond donors (Lipinski definition) is 2. The summed E-state index contributed by atoms with van der Waals surface area (Å²) in [6.07, 6.45) is 5.27. The van der Waals surface area contributed by atoms with E-state index in [4.69, 9.17) is 4.74 Å². The Bertz CT molecular complexity index is 1010. The molecule has 180 valence electrons. The van der Waals surface area contributed by atoms with Gasteiger partial charge in [0, 0.05) is 24.8 Å². The molecule has 4 fully saturated rings. The Morgan fingerprint density at radius 1 is 1.27 bits per heavy atom. The second-order valence-electron chi connectivity index (χ2n) is 11.6. The fourth-order valence-corrected chi connectivity index (χ4v) is 8.97. The van der Waals surface area contributed by atoms with Gasteiger partial charge in [-0.15, -0.1) is 0 Å². The predicted octanol–water partition coefficient (Wildman–Crippen LogP) is 2.70. The van der Waals surface area contributed by atoms with Crippen molar-refractivity contribution in [2.24, 2.45) is 33.5 Å². The van der Waals surface area contributed by atoms with E-state index < -0.39 is 45.3 Å². The minimum atomic E-state index is -1.94. The molecule has 1 aliphatic heterocycles. The number of halogens is 1. The lowest BCUT2D eigenvalue weighted by atomic mass is 9.38. The lowest BCUT2D eigenvalue weighted by molar-refractivity contribution is -0.236. The third-order valence-electron chi connectivity index (χ3n) is 10.7. The van der Waals surface area contributed by atoms with Crippen molar-refractivity contribution in [2.45, 2.75) is 65.2 Å². The van der Waals surface area contributed by atoms with E-state index in [-0.39, 0.29) is 30.5 Å². The minimum absolute atomic E-state index is 0.0154. The topological polar surface area (TPSA) is 92.7 Å². The molecule has 0 amide bonds. The van der Waals surface area contributed by atoms with E-state index in [2.05, 4.69) is 12.2 Å². The van der Waals surface area contributed by atoms with Crippen LogP contribution in [0.5, 0.6) is 0 Å². The lowest BCUT2D eigenvalue weighted by Gasteiger charge is -2.67. The van der Waals surface area contributed by atoms with Crippen molar-refractivity contribution in [2.75, 3.05) is 19.7 Å². The zero-order chi connectivity index (χ0) is 24.0. The summed E-state index contributed by atoms with van der Waals surface area (Å²) in [5.74, 6) is -1.26. The smallest absolute Gasteiger partial charge is 0.303 e. The van der Waals surface area contributed by atoms with Gasteiger partial charge in [0.1, 0.15) is 0 Å². The normalized spacial score (nSPS) is 50.1. The number of alkyl halides is 1. The molecule has 2 N–H and O–H groups in total. The van der Waals surface area contributed by atoms with Gasteiger partial charge in [-0.2, -0.15) is 0 Å². The number of ether oxygens (including phenoxy) is 1. The molecule has 0 spiro atoms. The number of Topliss-reactive ketones (excluding diaryl/α,β-unsaturated/α-hetero) is 1. The number of aliphatic hydroxyl groups is 1. The van der Waals surface area contributed by atoms with Crippen LogP contribution in [-0.2, 0) is 19.1 Å². The van der Waals surface area contributed by atoms with Crippen molar-refractivity contribution in [1.29, 1.82) is 0 Å². The van der Waals surface area contributed by atoms with Crippen molar-refractivity contribution in [1.82, 2.24) is 5.32 Å². The molecule has 0 aromatic heterocycles. The first kappa shape index (κ1) is 22.9. The van der Waals surface area contributed by atoms with Gasteiger partial charge in [0.25, 0.3) is 0 Å². The van der Waals surface area contributed by atoms with E-state index in [1.54, 1.807) is 6.08 Å². The first-order valence-corrected chi connectivity index (χ1v) is 12.1. The molecule has 33 heavy (non-hydrogen) atoms. The van der Waals surface area contributed by atoms with Gasteiger partial charge in [0.05, 0.1) is 11.5 Å². The van der Waals surface area contributed by atoms with Crippen LogP contribution >= 0.6 is 0 Å². The van der Waals surface area contributed by atoms with Crippen molar-refractivity contribution in [3.8, 4) is 0 Å². The van der Waals surface area contributed by atoms with Gasteiger partial charge in [-0.1, -0.05) is 25.5 Å². The highest BCUT2D eigenvalue weighted by Gasteiger charge is 2.80. The van der Waals surface area contributed by atoms with E-state index in [0.29, 0.717) is 32.4 Å². The number of aliphatic hydroxyl groups excluding tert-OH is 1. The van der Waals surface area contributed by atoms with E-state index in [1.165, 1.54) is 19.1 Å². The number of allylic oxidation sites excluding steroid dienone is 4. The highest BCUT2D eigenvalue weighted by molar-refractivity contribution is 6.01. The maximum Gasteiger partial charge on any atom is 0.303 e. The monoisotopic (exact) mass is 459 g/mol. The van der Waals surface area contributed by atoms with E-state index in [1.807, 2.05) is 13.8 Å². The Kier molecular flexibility index (Phi) is 4.75. The number of carbonyl (C=O) groups excluding carboxylic acids is 3. The Labute approximate surface area is 194 Å². The molecule has 0 bridgehead atoms. The van der Waals surface area contributed by atoms with Crippen LogP contribution in [0.15, 0.2) is 23.8 Å². The van der Waals surface area contributed by atoms with Crippen molar-refractivity contribution in [3.05, 3.63) is 23.8 Å². The average molecular weight is 460 g/mol. The third kappa shape index (κ3) is 2.48. The summed E-state index contributed by atoms with van der Waals surface area (Å²) in [6.45, 7) is 8.04. The van der Waals surface area contributed by atoms with E-state index in [0.717, 1.165) is 5.57 Å². The summed E-state index contributed by atoms with van der Waals surface area (Å²) in [5, 5.41) is 14.9. The zero-order valence-corrected chi connectivity index (χ0v) is 19.9. The van der Waals surface area contributed by atoms with Gasteiger partial charge in [0.2, 0.25) is 0 Å². The fraction of sp³-hybridized carbons (Fsp3) is 0.731. The van der Waals surface area contributed by atoms with E-state index >= 15 is 4.39 Å². The largest absolute Gasteiger partial charge is 0.458 e. The standard InChI is InChI=1S/C26H34FNO5/c1-15(29)33-13-21(32)25-14-28-12-17(25)10-23(3)19-6-5-16-9-18(30)7-8-22(16,2)26(19,27)20(31)11-24(23,25)4/h7-9,17,19-20,28,31H,5-6,10-14H2,1-4H3. The van der Waals surface area contributed by atoms with Gasteiger partial charge in [-0.25, -0.2) is 4.39 Å². The molecule has 4 aliphatic carbocycles. The zero-order valence-electron chi connectivity index (χ0n) is 19.9. The number of hydrogen-bond acceptors (Lipinski definition) is 6. The van der Waals surface area contributed by atoms with Crippen LogP contribution in [0, 0.1) is 33.5 Å². The van der Waals surface area contributed by atoms with Crippen LogP contribution < -0.4 is 5.32 Å². The summed E-state index contributed by atoms with van der Waals surface area (Å²) in [6, 6.07) is 0. The number of ketones is 2. The molecular weight excluding hydrogens is 425 g/mol. The Hall–Kier alpha value is -1.86. The maximum atomic E-state index is 17.4. The second kappa shape index (κ2) is 6.85. The first-order valence-electron chi connectivity index (χ1n) is 12.1. The number of esters is 1. The Morgan fingerprint density at radius 3 is 2.70 bits per heavy atom. The number of fused-ring (bicyclic) bond motifs is 7. The second-order valence-corrected chi connectivity index (χ2v) is 11.6. The van der Waals surface area contributed by atoms with E-state index in [9.17, 15) is 19.5 Å². The Balaban J connectivity index is 1.62. The van der Waals surface area contributed by atoms with Crippen LogP contribution in [0.25, 0.3) is 0 Å². The van der Waals surface area contributed by atoms with Crippen LogP contribution in [0.1, 0.15) is 53.4 Å². The highest BCUT2D eigenvalue weighted by atomic mass is 19.1. The molecule has 0 radical (unpaired) electrons. The number of carbonyl (C=O) groups is 3. The van der Waals surface area contributed by atoms with Crippen LogP contribution in [0.2, 0.25) is 0 Å². The molecule has 3 saturated carbocycles. The predicted molar refractivity (Wildman–Crippen MR) is 119 cm³/mol. The summed E-state index contributed by atoms with van der Waals surface area (Å²) < 4.78 is 22.6. The average Bonchev–Trinajstić information content (AvgIpc) is 3.24. The maximum absolute atomic E-state index is 17.4. The van der Waals surface area contributed by atoms with Crippen molar-refractivity contribution < 1.29 is 28.6 Å². The molecule has 8 atom stereocenters. The lowest BCUT2D eigenvalue weighted by Crippen LogP contribution is -2.71. The molecule has 0 aromatic rings. The van der Waals surface area contributed by atoms with Crippen LogP contribution in [0.3, 0.4) is 0 Å². The van der Waals surface area contributed by atoms with Gasteiger partial charge >= 0.3 is 5.97 Å². The highest BCUT2D eigenvalue weighted by Crippen LogP contribution is 2.78. The molecule has 5 aliphatic rings. The quantitative estimate of drug-likeness (QED) is 0.631. The van der Waals surface area contributed by atoms with Crippen LogP contribution in [0.4, 0.5) is 4.39 Å². The fourth-order valence-electron chi connectivity index (χ4n) is 8.97. The van der Waals surface area contributed by atoms with Gasteiger partial charge in [-0.3, -0.25) is 14.4 Å². The van der Waals surface area contributed by atoms with Crippen molar-refractivity contribution >= 4 is 17.5 Å². The van der Waals surface area contributed by atoms with Crippen molar-refractivity contribution in [3.63, 3.8) is 0 Å². The first-order chi connectivity index (χ1) is 15.4. The molecule has 1 heterocycles. The van der Waals surface area contributed by atoms with Gasteiger partial charge in [-0.05, 0) is 68.1 Å². The summed E-state index contributed by atoms with van der Waals surface area (Å²) in [5.41, 5.74) is -4.27. The summed E-state index contributed by atoms with van der Waals surface area (Å²) in [4.78, 5) is 37.1. The molecule has 6 nitrogen and oxygen atoms in total.